The Morgan fingerprint density at radius 1 is 1.06 bits per heavy atom. The molecule has 0 radical (unpaired) electrons. The van der Waals surface area contributed by atoms with Crippen molar-refractivity contribution in [3.8, 4) is 5.75 Å². The smallest absolute Gasteiger partial charge is 0.255 e. The number of amides is 1. The summed E-state index contributed by atoms with van der Waals surface area (Å²) in [6.07, 6.45) is 3.86. The van der Waals surface area contributed by atoms with Gasteiger partial charge in [0.05, 0.1) is 28.3 Å². The molecule has 0 spiro atoms. The maximum atomic E-state index is 13.0. The number of benzene rings is 2. The molecule has 1 atom stereocenters. The van der Waals surface area contributed by atoms with Gasteiger partial charge in [0, 0.05) is 12.4 Å². The number of fused-ring (bicyclic) bond motifs is 2. The number of carbonyl (C=O) groups is 1. The highest BCUT2D eigenvalue weighted by Crippen LogP contribution is 2.21. The molecule has 2 N–H and O–H groups in total. The Kier molecular flexibility index (Phi) is 4.84. The number of hydrogen-bond donors (Lipinski definition) is 2. The van der Waals surface area contributed by atoms with E-state index >= 15 is 0 Å². The minimum Gasteiger partial charge on any atom is -0.486 e. The van der Waals surface area contributed by atoms with Gasteiger partial charge in [-0.2, -0.15) is 0 Å². The van der Waals surface area contributed by atoms with Crippen molar-refractivity contribution in [2.45, 2.75) is 19.6 Å². The Hall–Kier alpha value is -4.13. The maximum Gasteiger partial charge on any atom is 0.255 e. The van der Waals surface area contributed by atoms with Crippen LogP contribution >= 0.6 is 0 Å². The summed E-state index contributed by atoms with van der Waals surface area (Å²) in [4.78, 5) is 25.3. The number of para-hydroxylation sites is 3. The molecule has 7 heteroatoms. The Morgan fingerprint density at radius 3 is 2.74 bits per heavy atom. The number of nitrogens with one attached hydrogen (secondary N) is 2. The highest BCUT2D eigenvalue weighted by Gasteiger charge is 2.18. The number of rotatable bonds is 6. The molecule has 0 aliphatic heterocycles. The van der Waals surface area contributed by atoms with Gasteiger partial charge in [-0.25, -0.2) is 9.97 Å². The third-order valence-corrected chi connectivity index (χ3v) is 5.09. The largest absolute Gasteiger partial charge is 0.486 e. The first-order valence-corrected chi connectivity index (χ1v) is 10.1. The Balaban J connectivity index is 1.31. The van der Waals surface area contributed by atoms with Crippen LogP contribution in [0.25, 0.3) is 16.7 Å². The number of aromatic amines is 1. The third kappa shape index (κ3) is 3.85. The number of carbonyl (C=O) groups excluding carboxylic acids is 1. The summed E-state index contributed by atoms with van der Waals surface area (Å²) in [6.45, 7) is 2.17. The highest BCUT2D eigenvalue weighted by molar-refractivity contribution is 5.97. The predicted molar refractivity (Wildman–Crippen MR) is 118 cm³/mol. The van der Waals surface area contributed by atoms with Crippen LogP contribution in [0.2, 0.25) is 0 Å². The molecule has 7 nitrogen and oxygen atoms in total. The molecule has 5 aromatic rings. The highest BCUT2D eigenvalue weighted by atomic mass is 16.5. The number of hydrogen-bond acceptors (Lipinski definition) is 4. The van der Waals surface area contributed by atoms with Crippen LogP contribution in [0.1, 0.15) is 34.8 Å². The number of ether oxygens (including phenoxy) is 1. The molecule has 0 saturated carbocycles. The van der Waals surface area contributed by atoms with Crippen molar-refractivity contribution in [1.82, 2.24) is 24.7 Å². The summed E-state index contributed by atoms with van der Waals surface area (Å²) in [7, 11) is 0. The zero-order valence-corrected chi connectivity index (χ0v) is 16.9. The normalized spacial score (nSPS) is 12.2. The fourth-order valence-corrected chi connectivity index (χ4v) is 3.51. The summed E-state index contributed by atoms with van der Waals surface area (Å²) < 4.78 is 7.89. The lowest BCUT2D eigenvalue weighted by Crippen LogP contribution is -2.27. The summed E-state index contributed by atoms with van der Waals surface area (Å²) in [5, 5.41) is 3.00. The Bertz CT molecular complexity index is 1300. The first-order chi connectivity index (χ1) is 15.2. The molecule has 1 amide bonds. The van der Waals surface area contributed by atoms with Gasteiger partial charge in [-0.1, -0.05) is 30.3 Å². The van der Waals surface area contributed by atoms with E-state index in [1.807, 2.05) is 78.3 Å². The minimum absolute atomic E-state index is 0.224. The fraction of sp³-hybridized carbons (Fsp3) is 0.125. The van der Waals surface area contributed by atoms with Crippen molar-refractivity contribution < 1.29 is 9.53 Å². The fourth-order valence-electron chi connectivity index (χ4n) is 3.51. The predicted octanol–water partition coefficient (Wildman–Crippen LogP) is 4.28. The SMILES string of the molecule is C[C@H](NC(=O)c1ccccc1OCc1cn2ccccc2n1)c1nc2ccccc2[nH]1. The second-order valence-corrected chi connectivity index (χ2v) is 7.32. The monoisotopic (exact) mass is 411 g/mol. The molecule has 3 heterocycles. The zero-order chi connectivity index (χ0) is 21.2. The van der Waals surface area contributed by atoms with E-state index < -0.39 is 0 Å². The lowest BCUT2D eigenvalue weighted by Gasteiger charge is -2.14. The topological polar surface area (TPSA) is 84.3 Å². The van der Waals surface area contributed by atoms with E-state index in [0.29, 0.717) is 17.1 Å². The van der Waals surface area contributed by atoms with Crippen LogP contribution in [-0.2, 0) is 6.61 Å². The summed E-state index contributed by atoms with van der Waals surface area (Å²) in [6, 6.07) is 20.5. The molecule has 0 saturated heterocycles. The molecule has 0 aliphatic rings. The van der Waals surface area contributed by atoms with E-state index in [1.165, 1.54) is 0 Å². The minimum atomic E-state index is -0.286. The van der Waals surface area contributed by atoms with Crippen molar-refractivity contribution in [3.63, 3.8) is 0 Å². The molecule has 5 rings (SSSR count). The van der Waals surface area contributed by atoms with Crippen molar-refractivity contribution in [2.75, 3.05) is 0 Å². The molecule has 31 heavy (non-hydrogen) atoms. The van der Waals surface area contributed by atoms with Crippen LogP contribution in [-0.4, -0.2) is 25.3 Å². The second-order valence-electron chi connectivity index (χ2n) is 7.32. The summed E-state index contributed by atoms with van der Waals surface area (Å²) in [5.41, 5.74) is 3.92. The second kappa shape index (κ2) is 7.95. The van der Waals surface area contributed by atoms with Gasteiger partial charge in [0.2, 0.25) is 0 Å². The number of aromatic nitrogens is 4. The van der Waals surface area contributed by atoms with E-state index in [4.69, 9.17) is 4.74 Å². The van der Waals surface area contributed by atoms with Gasteiger partial charge in [0.25, 0.3) is 5.91 Å². The van der Waals surface area contributed by atoms with Crippen LogP contribution in [0.4, 0.5) is 0 Å². The molecule has 2 aromatic carbocycles. The van der Waals surface area contributed by atoms with Crippen LogP contribution < -0.4 is 10.1 Å². The van der Waals surface area contributed by atoms with E-state index in [2.05, 4.69) is 20.3 Å². The maximum absolute atomic E-state index is 13.0. The van der Waals surface area contributed by atoms with Crippen LogP contribution in [0.15, 0.2) is 79.1 Å². The average Bonchev–Trinajstić information content (AvgIpc) is 3.41. The molecule has 154 valence electrons. The molecule has 0 bridgehead atoms. The van der Waals surface area contributed by atoms with Gasteiger partial charge in [-0.05, 0) is 43.3 Å². The Morgan fingerprint density at radius 2 is 1.87 bits per heavy atom. The lowest BCUT2D eigenvalue weighted by atomic mass is 10.1. The number of imidazole rings is 2. The van der Waals surface area contributed by atoms with E-state index in [9.17, 15) is 4.79 Å². The third-order valence-electron chi connectivity index (χ3n) is 5.09. The molecule has 3 aromatic heterocycles. The molecular weight excluding hydrogens is 390 g/mol. The van der Waals surface area contributed by atoms with Crippen molar-refractivity contribution in [1.29, 1.82) is 0 Å². The summed E-state index contributed by atoms with van der Waals surface area (Å²) in [5.74, 6) is 0.991. The molecule has 0 aliphatic carbocycles. The first-order valence-electron chi connectivity index (χ1n) is 10.1. The van der Waals surface area contributed by atoms with Gasteiger partial charge >= 0.3 is 0 Å². The van der Waals surface area contributed by atoms with E-state index in [-0.39, 0.29) is 18.6 Å². The van der Waals surface area contributed by atoms with Gasteiger partial charge in [0.1, 0.15) is 23.8 Å². The zero-order valence-electron chi connectivity index (χ0n) is 16.9. The molecular formula is C24H21N5O2. The summed E-state index contributed by atoms with van der Waals surface area (Å²) >= 11 is 0. The number of H-pyrrole nitrogens is 1. The number of nitrogens with zero attached hydrogens (tertiary/aromatic N) is 3. The first kappa shape index (κ1) is 18.9. The van der Waals surface area contributed by atoms with Crippen LogP contribution in [0, 0.1) is 0 Å². The van der Waals surface area contributed by atoms with Crippen molar-refractivity contribution in [2.24, 2.45) is 0 Å². The number of pyridine rings is 1. The van der Waals surface area contributed by atoms with E-state index in [0.717, 1.165) is 22.4 Å². The molecule has 0 unspecified atom stereocenters. The van der Waals surface area contributed by atoms with Crippen LogP contribution in [0.3, 0.4) is 0 Å². The van der Waals surface area contributed by atoms with Gasteiger partial charge in [-0.15, -0.1) is 0 Å². The Labute approximate surface area is 178 Å². The standard InChI is InChI=1S/C24H21N5O2/c1-16(23-27-19-9-3-4-10-20(19)28-23)25-24(30)18-8-2-5-11-21(18)31-15-17-14-29-13-7-6-12-22(29)26-17/h2-14,16H,15H2,1H3,(H,25,30)(H,27,28)/t16-/m0/s1. The quantitative estimate of drug-likeness (QED) is 0.437. The van der Waals surface area contributed by atoms with Gasteiger partial charge in [0.15, 0.2) is 0 Å². The van der Waals surface area contributed by atoms with Crippen molar-refractivity contribution in [3.05, 3.63) is 96.2 Å². The van der Waals surface area contributed by atoms with Gasteiger partial charge < -0.3 is 19.4 Å². The lowest BCUT2D eigenvalue weighted by molar-refractivity contribution is 0.0934. The van der Waals surface area contributed by atoms with Gasteiger partial charge in [-0.3, -0.25) is 4.79 Å². The van der Waals surface area contributed by atoms with E-state index in [1.54, 1.807) is 12.1 Å². The van der Waals surface area contributed by atoms with Crippen LogP contribution in [0.5, 0.6) is 5.75 Å². The average molecular weight is 411 g/mol. The molecule has 0 fully saturated rings. The van der Waals surface area contributed by atoms with Crippen molar-refractivity contribution >= 4 is 22.6 Å².